The topological polar surface area (TPSA) is 22.9 Å². The Hall–Kier alpha value is -0.540. The van der Waals surface area contributed by atoms with Crippen LogP contribution in [0.1, 0.15) is 0 Å². The van der Waals surface area contributed by atoms with Gasteiger partial charge in [-0.25, -0.2) is 4.57 Å². The molecule has 64 valence electrons. The first-order valence-electron chi connectivity index (χ1n) is 3.45. The van der Waals surface area contributed by atoms with E-state index < -0.39 is 0 Å². The summed E-state index contributed by atoms with van der Waals surface area (Å²) in [4.78, 5) is 5.16. The Labute approximate surface area is 73.4 Å². The normalized spacial score (nSPS) is 9.73. The predicted octanol–water partition coefficient (Wildman–Crippen LogP) is -3.13. The molecule has 1 aromatic rings. The SMILES string of the molecule is CN(C)CC[n+]1cc[nH]c1.[Cl-]. The minimum atomic E-state index is 0. The highest BCUT2D eigenvalue weighted by molar-refractivity contribution is 4.55. The van der Waals surface area contributed by atoms with Gasteiger partial charge in [0.1, 0.15) is 18.9 Å². The molecular formula is C7H14ClN3. The van der Waals surface area contributed by atoms with E-state index in [9.17, 15) is 0 Å². The van der Waals surface area contributed by atoms with Crippen molar-refractivity contribution < 1.29 is 17.0 Å². The number of likely N-dealkylation sites (N-methyl/N-ethyl adjacent to an activating group) is 1. The van der Waals surface area contributed by atoms with E-state index >= 15 is 0 Å². The van der Waals surface area contributed by atoms with E-state index in [1.165, 1.54) is 0 Å². The quantitative estimate of drug-likeness (QED) is 0.483. The van der Waals surface area contributed by atoms with Crippen molar-refractivity contribution in [3.05, 3.63) is 18.7 Å². The van der Waals surface area contributed by atoms with E-state index in [0.29, 0.717) is 0 Å². The zero-order chi connectivity index (χ0) is 7.40. The molecule has 0 spiro atoms. The van der Waals surface area contributed by atoms with Crippen molar-refractivity contribution in [3.63, 3.8) is 0 Å². The van der Waals surface area contributed by atoms with Crippen LogP contribution < -0.4 is 17.0 Å². The Morgan fingerprint density at radius 3 is 2.64 bits per heavy atom. The summed E-state index contributed by atoms with van der Waals surface area (Å²) >= 11 is 0. The number of rotatable bonds is 3. The van der Waals surface area contributed by atoms with E-state index in [0.717, 1.165) is 13.1 Å². The number of imidazole rings is 1. The molecule has 4 heteroatoms. The summed E-state index contributed by atoms with van der Waals surface area (Å²) < 4.78 is 2.12. The van der Waals surface area contributed by atoms with Gasteiger partial charge in [-0.1, -0.05) is 0 Å². The van der Waals surface area contributed by atoms with Crippen LogP contribution in [0.25, 0.3) is 0 Å². The number of H-pyrrole nitrogens is 1. The maximum atomic E-state index is 3.00. The largest absolute Gasteiger partial charge is 1.00 e. The summed E-state index contributed by atoms with van der Waals surface area (Å²) in [5.41, 5.74) is 0. The molecule has 0 aliphatic heterocycles. The Kier molecular flexibility index (Phi) is 4.90. The first-order valence-corrected chi connectivity index (χ1v) is 3.45. The third kappa shape index (κ3) is 4.01. The summed E-state index contributed by atoms with van der Waals surface area (Å²) in [6.45, 7) is 2.14. The first-order chi connectivity index (χ1) is 4.79. The summed E-state index contributed by atoms with van der Waals surface area (Å²) in [6.07, 6.45) is 5.92. The fourth-order valence-electron chi connectivity index (χ4n) is 0.775. The molecule has 1 heterocycles. The van der Waals surface area contributed by atoms with Gasteiger partial charge in [0, 0.05) is 6.54 Å². The van der Waals surface area contributed by atoms with Crippen LogP contribution in [-0.2, 0) is 6.54 Å². The molecule has 0 saturated carbocycles. The molecule has 0 aliphatic rings. The van der Waals surface area contributed by atoms with Crippen molar-refractivity contribution in [2.45, 2.75) is 6.54 Å². The lowest BCUT2D eigenvalue weighted by Crippen LogP contribution is -3.00. The molecule has 3 nitrogen and oxygen atoms in total. The van der Waals surface area contributed by atoms with E-state index in [4.69, 9.17) is 0 Å². The summed E-state index contributed by atoms with van der Waals surface area (Å²) in [6, 6.07) is 0. The molecule has 0 fully saturated rings. The smallest absolute Gasteiger partial charge is 0.241 e. The average Bonchev–Trinajstić information content (AvgIpc) is 2.34. The van der Waals surface area contributed by atoms with Crippen molar-refractivity contribution in [2.75, 3.05) is 20.6 Å². The summed E-state index contributed by atoms with van der Waals surface area (Å²) in [5, 5.41) is 0. The number of nitrogens with one attached hydrogen (secondary N) is 1. The van der Waals surface area contributed by atoms with Gasteiger partial charge >= 0.3 is 0 Å². The van der Waals surface area contributed by atoms with Crippen molar-refractivity contribution in [3.8, 4) is 0 Å². The van der Waals surface area contributed by atoms with Crippen molar-refractivity contribution in [1.29, 1.82) is 0 Å². The standard InChI is InChI=1S/C7H13N3.ClH/c1-9(2)5-6-10-4-3-8-7-10;/h3-4,7H,5-6H2,1-2H3;1H. The second-order valence-corrected chi connectivity index (χ2v) is 2.65. The van der Waals surface area contributed by atoms with Crippen molar-refractivity contribution in [2.24, 2.45) is 0 Å². The number of hydrogen-bond donors (Lipinski definition) is 1. The number of aromatic amines is 1. The highest BCUT2D eigenvalue weighted by Crippen LogP contribution is 1.74. The van der Waals surface area contributed by atoms with Crippen LogP contribution in [-0.4, -0.2) is 30.5 Å². The van der Waals surface area contributed by atoms with E-state index in [1.807, 2.05) is 18.7 Å². The second kappa shape index (κ2) is 5.16. The fraction of sp³-hybridized carbons (Fsp3) is 0.571. The highest BCUT2D eigenvalue weighted by Gasteiger charge is 1.95. The Bertz CT molecular complexity index is 172. The zero-order valence-electron chi connectivity index (χ0n) is 6.92. The van der Waals surface area contributed by atoms with Crippen LogP contribution in [0, 0.1) is 0 Å². The monoisotopic (exact) mass is 175 g/mol. The lowest BCUT2D eigenvalue weighted by Gasteiger charge is -2.05. The summed E-state index contributed by atoms with van der Waals surface area (Å²) in [5.74, 6) is 0. The molecule has 0 saturated heterocycles. The molecule has 0 aromatic carbocycles. The lowest BCUT2D eigenvalue weighted by atomic mass is 10.6. The lowest BCUT2D eigenvalue weighted by molar-refractivity contribution is -0.695. The van der Waals surface area contributed by atoms with Crippen LogP contribution in [0.4, 0.5) is 0 Å². The van der Waals surface area contributed by atoms with Crippen LogP contribution in [0.15, 0.2) is 18.7 Å². The van der Waals surface area contributed by atoms with Gasteiger partial charge < -0.3 is 17.3 Å². The van der Waals surface area contributed by atoms with Gasteiger partial charge in [0.2, 0.25) is 6.33 Å². The van der Waals surface area contributed by atoms with Gasteiger partial charge in [0.15, 0.2) is 0 Å². The van der Waals surface area contributed by atoms with Gasteiger partial charge in [-0.05, 0) is 14.1 Å². The number of halogens is 1. The van der Waals surface area contributed by atoms with E-state index in [1.54, 1.807) is 0 Å². The van der Waals surface area contributed by atoms with Gasteiger partial charge in [0.05, 0.1) is 0 Å². The molecule has 0 aliphatic carbocycles. The highest BCUT2D eigenvalue weighted by atomic mass is 35.5. The van der Waals surface area contributed by atoms with Crippen molar-refractivity contribution in [1.82, 2.24) is 9.88 Å². The first kappa shape index (κ1) is 10.5. The van der Waals surface area contributed by atoms with Crippen LogP contribution in [0.3, 0.4) is 0 Å². The molecule has 1 N–H and O–H groups in total. The number of nitrogens with zero attached hydrogens (tertiary/aromatic N) is 2. The molecule has 0 unspecified atom stereocenters. The molecule has 0 radical (unpaired) electrons. The van der Waals surface area contributed by atoms with Gasteiger partial charge in [-0.2, -0.15) is 0 Å². The minimum Gasteiger partial charge on any atom is -1.00 e. The summed E-state index contributed by atoms with van der Waals surface area (Å²) in [7, 11) is 4.15. The number of aromatic nitrogens is 2. The predicted molar refractivity (Wildman–Crippen MR) is 39.5 cm³/mol. The molecule has 1 aromatic heterocycles. The van der Waals surface area contributed by atoms with Gasteiger partial charge in [-0.3, -0.25) is 4.98 Å². The number of hydrogen-bond acceptors (Lipinski definition) is 1. The van der Waals surface area contributed by atoms with Crippen LogP contribution in [0.5, 0.6) is 0 Å². The molecule has 0 atom stereocenters. The zero-order valence-corrected chi connectivity index (χ0v) is 7.67. The van der Waals surface area contributed by atoms with Crippen molar-refractivity contribution >= 4 is 0 Å². The minimum absolute atomic E-state index is 0. The Morgan fingerprint density at radius 1 is 1.45 bits per heavy atom. The van der Waals surface area contributed by atoms with Crippen LogP contribution >= 0.6 is 0 Å². The Balaban J connectivity index is 0.000001000. The molecule has 0 bridgehead atoms. The van der Waals surface area contributed by atoms with E-state index in [2.05, 4.69) is 28.5 Å². The van der Waals surface area contributed by atoms with Gasteiger partial charge in [0.25, 0.3) is 0 Å². The maximum absolute atomic E-state index is 3.00. The van der Waals surface area contributed by atoms with E-state index in [-0.39, 0.29) is 12.4 Å². The third-order valence-electron chi connectivity index (χ3n) is 1.41. The molecular weight excluding hydrogens is 162 g/mol. The fourth-order valence-corrected chi connectivity index (χ4v) is 0.775. The molecule has 11 heavy (non-hydrogen) atoms. The molecule has 1 rings (SSSR count). The third-order valence-corrected chi connectivity index (χ3v) is 1.41. The molecule has 0 amide bonds. The van der Waals surface area contributed by atoms with Gasteiger partial charge in [-0.15, -0.1) is 0 Å². The van der Waals surface area contributed by atoms with Crippen LogP contribution in [0.2, 0.25) is 0 Å². The Morgan fingerprint density at radius 2 is 2.18 bits per heavy atom. The second-order valence-electron chi connectivity index (χ2n) is 2.65. The maximum Gasteiger partial charge on any atom is 0.241 e. The average molecular weight is 176 g/mol.